The molecule has 1 saturated heterocycles. The molecule has 0 saturated carbocycles. The molecule has 2 aromatic rings. The molecular formula is C18H24N4O2. The van der Waals surface area contributed by atoms with E-state index in [0.29, 0.717) is 5.82 Å². The summed E-state index contributed by atoms with van der Waals surface area (Å²) in [5.41, 5.74) is 1.97. The highest BCUT2D eigenvalue weighted by atomic mass is 16.5. The van der Waals surface area contributed by atoms with E-state index in [0.717, 1.165) is 43.1 Å². The van der Waals surface area contributed by atoms with E-state index >= 15 is 0 Å². The number of methoxy groups -OCH3 is 1. The summed E-state index contributed by atoms with van der Waals surface area (Å²) >= 11 is 0. The fourth-order valence-electron chi connectivity index (χ4n) is 3.01. The number of hydrogen-bond donors (Lipinski definition) is 1. The van der Waals surface area contributed by atoms with Gasteiger partial charge in [0.15, 0.2) is 5.82 Å². The van der Waals surface area contributed by atoms with E-state index in [9.17, 15) is 5.11 Å². The highest BCUT2D eigenvalue weighted by Crippen LogP contribution is 2.26. The summed E-state index contributed by atoms with van der Waals surface area (Å²) in [5, 5.41) is 9.45. The van der Waals surface area contributed by atoms with Crippen LogP contribution in [0.5, 0.6) is 5.75 Å². The lowest BCUT2D eigenvalue weighted by Crippen LogP contribution is -2.52. The van der Waals surface area contributed by atoms with Gasteiger partial charge in [0.05, 0.1) is 19.3 Å². The standard InChI is InChI=1S/C18H24N4O2/c1-21-7-8-22(12-15(21)13-23)11-14-9-19-18(20-10-14)16-5-3-4-6-17(16)24-2/h3-6,9-10,15,23H,7-8,11-13H2,1-2H3/t15-/m0/s1. The Hall–Kier alpha value is -2.02. The number of aliphatic hydroxyl groups excluding tert-OH is 1. The number of rotatable bonds is 5. The van der Waals surface area contributed by atoms with Crippen LogP contribution in [0.25, 0.3) is 11.4 Å². The maximum absolute atomic E-state index is 9.45. The van der Waals surface area contributed by atoms with Crippen molar-refractivity contribution in [3.8, 4) is 17.1 Å². The number of para-hydroxylation sites is 1. The summed E-state index contributed by atoms with van der Waals surface area (Å²) in [6.07, 6.45) is 3.75. The van der Waals surface area contributed by atoms with Crippen LogP contribution in [0.3, 0.4) is 0 Å². The van der Waals surface area contributed by atoms with Gasteiger partial charge < -0.3 is 9.84 Å². The largest absolute Gasteiger partial charge is 0.496 e. The monoisotopic (exact) mass is 328 g/mol. The second-order valence-electron chi connectivity index (χ2n) is 6.17. The van der Waals surface area contributed by atoms with Crippen LogP contribution in [0.1, 0.15) is 5.56 Å². The van der Waals surface area contributed by atoms with Gasteiger partial charge in [-0.25, -0.2) is 9.97 Å². The molecule has 0 aliphatic carbocycles. The Morgan fingerprint density at radius 3 is 2.67 bits per heavy atom. The summed E-state index contributed by atoms with van der Waals surface area (Å²) in [5.74, 6) is 1.44. The van der Waals surface area contributed by atoms with Gasteiger partial charge >= 0.3 is 0 Å². The average molecular weight is 328 g/mol. The fourth-order valence-corrected chi connectivity index (χ4v) is 3.01. The molecule has 1 aliphatic heterocycles. The van der Waals surface area contributed by atoms with Crippen molar-refractivity contribution in [2.24, 2.45) is 0 Å². The lowest BCUT2D eigenvalue weighted by molar-refractivity contribution is 0.0539. The fraction of sp³-hybridized carbons (Fsp3) is 0.444. The minimum Gasteiger partial charge on any atom is -0.496 e. The van der Waals surface area contributed by atoms with E-state index < -0.39 is 0 Å². The Balaban J connectivity index is 1.69. The maximum Gasteiger partial charge on any atom is 0.162 e. The van der Waals surface area contributed by atoms with Crippen LogP contribution in [0.4, 0.5) is 0 Å². The molecule has 1 N–H and O–H groups in total. The predicted octanol–water partition coefficient (Wildman–Crippen LogP) is 1.26. The van der Waals surface area contributed by atoms with Crippen molar-refractivity contribution < 1.29 is 9.84 Å². The minimum atomic E-state index is 0.191. The molecule has 128 valence electrons. The van der Waals surface area contributed by atoms with Crippen molar-refractivity contribution >= 4 is 0 Å². The van der Waals surface area contributed by atoms with E-state index in [2.05, 4.69) is 26.8 Å². The van der Waals surface area contributed by atoms with Crippen molar-refractivity contribution in [3.05, 3.63) is 42.2 Å². The van der Waals surface area contributed by atoms with E-state index in [4.69, 9.17) is 4.74 Å². The van der Waals surface area contributed by atoms with Gasteiger partial charge in [-0.15, -0.1) is 0 Å². The first kappa shape index (κ1) is 16.8. The molecule has 6 heteroatoms. The van der Waals surface area contributed by atoms with Gasteiger partial charge in [-0.05, 0) is 19.2 Å². The third-order valence-electron chi connectivity index (χ3n) is 4.53. The van der Waals surface area contributed by atoms with Crippen molar-refractivity contribution in [2.75, 3.05) is 40.4 Å². The molecule has 2 heterocycles. The second kappa shape index (κ2) is 7.70. The van der Waals surface area contributed by atoms with Crippen LogP contribution in [0.2, 0.25) is 0 Å². The van der Waals surface area contributed by atoms with Crippen LogP contribution in [-0.2, 0) is 6.54 Å². The first-order valence-corrected chi connectivity index (χ1v) is 8.19. The van der Waals surface area contributed by atoms with Crippen molar-refractivity contribution in [3.63, 3.8) is 0 Å². The lowest BCUT2D eigenvalue weighted by atomic mass is 10.1. The first-order valence-electron chi connectivity index (χ1n) is 8.19. The number of aliphatic hydroxyl groups is 1. The van der Waals surface area contributed by atoms with E-state index in [1.54, 1.807) is 7.11 Å². The molecule has 1 fully saturated rings. The van der Waals surface area contributed by atoms with Crippen LogP contribution in [0.15, 0.2) is 36.7 Å². The zero-order valence-corrected chi connectivity index (χ0v) is 14.2. The first-order chi connectivity index (χ1) is 11.7. The van der Waals surface area contributed by atoms with Crippen LogP contribution in [-0.4, -0.2) is 71.3 Å². The molecule has 24 heavy (non-hydrogen) atoms. The predicted molar refractivity (Wildman–Crippen MR) is 92.8 cm³/mol. The number of hydrogen-bond acceptors (Lipinski definition) is 6. The summed E-state index contributed by atoms with van der Waals surface area (Å²) < 4.78 is 5.37. The number of benzene rings is 1. The normalized spacial score (nSPS) is 19.4. The zero-order valence-electron chi connectivity index (χ0n) is 14.2. The number of nitrogens with zero attached hydrogens (tertiary/aromatic N) is 4. The number of ether oxygens (including phenoxy) is 1. The molecule has 1 aliphatic rings. The molecule has 0 spiro atoms. The van der Waals surface area contributed by atoms with Crippen molar-refractivity contribution in [2.45, 2.75) is 12.6 Å². The van der Waals surface area contributed by atoms with E-state index in [1.807, 2.05) is 36.7 Å². The summed E-state index contributed by atoms with van der Waals surface area (Å²) in [4.78, 5) is 13.5. The molecule has 1 aromatic heterocycles. The molecule has 1 atom stereocenters. The van der Waals surface area contributed by atoms with Gasteiger partial charge in [0.2, 0.25) is 0 Å². The van der Waals surface area contributed by atoms with Crippen molar-refractivity contribution in [1.29, 1.82) is 0 Å². The Labute approximate surface area is 142 Å². The van der Waals surface area contributed by atoms with Crippen LogP contribution >= 0.6 is 0 Å². The average Bonchev–Trinajstić information content (AvgIpc) is 2.64. The highest BCUT2D eigenvalue weighted by molar-refractivity contribution is 5.63. The van der Waals surface area contributed by atoms with Crippen LogP contribution in [0, 0.1) is 0 Å². The molecular weight excluding hydrogens is 304 g/mol. The summed E-state index contributed by atoms with van der Waals surface area (Å²) in [6.45, 7) is 3.81. The quantitative estimate of drug-likeness (QED) is 0.892. The third kappa shape index (κ3) is 3.72. The molecule has 3 rings (SSSR count). The van der Waals surface area contributed by atoms with Gasteiger partial charge in [0.25, 0.3) is 0 Å². The van der Waals surface area contributed by atoms with E-state index in [1.165, 1.54) is 0 Å². The second-order valence-corrected chi connectivity index (χ2v) is 6.17. The maximum atomic E-state index is 9.45. The highest BCUT2D eigenvalue weighted by Gasteiger charge is 2.23. The van der Waals surface area contributed by atoms with Crippen LogP contribution < -0.4 is 4.74 Å². The van der Waals surface area contributed by atoms with E-state index in [-0.39, 0.29) is 12.6 Å². The number of piperazine rings is 1. The SMILES string of the molecule is COc1ccccc1-c1ncc(CN2CCN(C)[C@H](CO)C2)cn1. The van der Waals surface area contributed by atoms with Gasteiger partial charge in [-0.1, -0.05) is 12.1 Å². The molecule has 1 aromatic carbocycles. The molecule has 0 amide bonds. The Kier molecular flexibility index (Phi) is 5.40. The molecule has 0 unspecified atom stereocenters. The summed E-state index contributed by atoms with van der Waals surface area (Å²) in [6, 6.07) is 7.95. The van der Waals surface area contributed by atoms with Crippen molar-refractivity contribution in [1.82, 2.24) is 19.8 Å². The van der Waals surface area contributed by atoms with Gasteiger partial charge in [0.1, 0.15) is 5.75 Å². The summed E-state index contributed by atoms with van der Waals surface area (Å²) in [7, 11) is 3.71. The van der Waals surface area contributed by atoms with Gasteiger partial charge in [-0.2, -0.15) is 0 Å². The van der Waals surface area contributed by atoms with Gasteiger partial charge in [-0.3, -0.25) is 9.80 Å². The lowest BCUT2D eigenvalue weighted by Gasteiger charge is -2.38. The number of aromatic nitrogens is 2. The number of likely N-dealkylation sites (N-methyl/N-ethyl adjacent to an activating group) is 1. The Morgan fingerprint density at radius 1 is 1.21 bits per heavy atom. The smallest absolute Gasteiger partial charge is 0.162 e. The third-order valence-corrected chi connectivity index (χ3v) is 4.53. The molecule has 6 nitrogen and oxygen atoms in total. The molecule has 0 bridgehead atoms. The zero-order chi connectivity index (χ0) is 16.9. The Bertz CT molecular complexity index is 662. The molecule has 0 radical (unpaired) electrons. The Morgan fingerprint density at radius 2 is 1.96 bits per heavy atom. The van der Waals surface area contributed by atoms with Gasteiger partial charge in [0, 0.05) is 50.2 Å². The minimum absolute atomic E-state index is 0.191. The topological polar surface area (TPSA) is 61.7 Å².